The van der Waals surface area contributed by atoms with E-state index in [1.165, 1.54) is 0 Å². The van der Waals surface area contributed by atoms with Crippen LogP contribution in [0.4, 0.5) is 0 Å². The number of amides is 1. The van der Waals surface area contributed by atoms with Gasteiger partial charge in [-0.1, -0.05) is 16.8 Å². The van der Waals surface area contributed by atoms with Crippen molar-refractivity contribution >= 4 is 17.5 Å². The Morgan fingerprint density at radius 1 is 1.23 bits per heavy atom. The summed E-state index contributed by atoms with van der Waals surface area (Å²) in [6.07, 6.45) is 0.376. The maximum absolute atomic E-state index is 12.7. The van der Waals surface area contributed by atoms with Crippen LogP contribution in [0.15, 0.2) is 38.4 Å². The monoisotopic (exact) mass is 432 g/mol. The minimum absolute atomic E-state index is 0.0291. The quantitative estimate of drug-likeness (QED) is 0.600. The summed E-state index contributed by atoms with van der Waals surface area (Å²) in [5, 5.41) is 11.2. The molecule has 0 unspecified atom stereocenters. The zero-order chi connectivity index (χ0) is 21.8. The molecule has 11 heteroatoms. The second-order valence-corrected chi connectivity index (χ2v) is 7.24. The number of carbonyl (C=O) groups is 1. The lowest BCUT2D eigenvalue weighted by Crippen LogP contribution is -2.41. The molecule has 3 rings (SSSR count). The number of rotatable bonds is 7. The van der Waals surface area contributed by atoms with Gasteiger partial charge in [-0.15, -0.1) is 0 Å². The molecule has 0 atom stereocenters. The van der Waals surface area contributed by atoms with E-state index in [1.54, 1.807) is 31.2 Å². The SMILES string of the molecule is CCn1c(=O)c(-c2noc(CCC(=O)NC(C)C)n2)nn(-c2ccc(Cl)cc2)c1=O. The van der Waals surface area contributed by atoms with Gasteiger partial charge in [0.25, 0.3) is 5.56 Å². The summed E-state index contributed by atoms with van der Waals surface area (Å²) in [5.41, 5.74) is -0.921. The van der Waals surface area contributed by atoms with Crippen molar-refractivity contribution in [2.75, 3.05) is 0 Å². The molecule has 0 spiro atoms. The molecular formula is C19H21ClN6O4. The third kappa shape index (κ3) is 4.65. The Balaban J connectivity index is 1.96. The van der Waals surface area contributed by atoms with Gasteiger partial charge in [0, 0.05) is 30.5 Å². The number of benzene rings is 1. The molecule has 0 radical (unpaired) electrons. The number of aromatic nitrogens is 5. The summed E-state index contributed by atoms with van der Waals surface area (Å²) in [5.74, 6) is -0.00548. The number of hydrogen-bond acceptors (Lipinski definition) is 7. The van der Waals surface area contributed by atoms with Crippen LogP contribution in [0.2, 0.25) is 5.02 Å². The van der Waals surface area contributed by atoms with Gasteiger partial charge in [0.05, 0.1) is 5.69 Å². The van der Waals surface area contributed by atoms with Gasteiger partial charge in [0.15, 0.2) is 5.69 Å². The lowest BCUT2D eigenvalue weighted by Gasteiger charge is -2.09. The lowest BCUT2D eigenvalue weighted by molar-refractivity contribution is -0.121. The smallest absolute Gasteiger partial charge is 0.352 e. The average molecular weight is 433 g/mol. The van der Waals surface area contributed by atoms with Crippen LogP contribution >= 0.6 is 11.6 Å². The van der Waals surface area contributed by atoms with Crippen molar-refractivity contribution in [3.63, 3.8) is 0 Å². The van der Waals surface area contributed by atoms with Gasteiger partial charge in [-0.3, -0.25) is 14.2 Å². The third-order valence-electron chi connectivity index (χ3n) is 4.14. The molecule has 158 valence electrons. The molecule has 0 aliphatic carbocycles. The molecule has 1 aromatic carbocycles. The van der Waals surface area contributed by atoms with Crippen LogP contribution in [0, 0.1) is 0 Å². The summed E-state index contributed by atoms with van der Waals surface area (Å²) in [6, 6.07) is 6.47. The first-order valence-electron chi connectivity index (χ1n) is 9.42. The van der Waals surface area contributed by atoms with E-state index in [0.29, 0.717) is 10.7 Å². The number of aryl methyl sites for hydroxylation is 1. The molecule has 2 aromatic heterocycles. The first-order chi connectivity index (χ1) is 14.3. The molecule has 0 saturated carbocycles. The molecule has 1 amide bonds. The molecule has 0 fully saturated rings. The van der Waals surface area contributed by atoms with Gasteiger partial charge in [-0.05, 0) is 45.0 Å². The highest BCUT2D eigenvalue weighted by Crippen LogP contribution is 2.13. The van der Waals surface area contributed by atoms with Gasteiger partial charge in [-0.2, -0.15) is 14.8 Å². The van der Waals surface area contributed by atoms with Crippen LogP contribution in [0.5, 0.6) is 0 Å². The van der Waals surface area contributed by atoms with E-state index >= 15 is 0 Å². The summed E-state index contributed by atoms with van der Waals surface area (Å²) in [7, 11) is 0. The highest BCUT2D eigenvalue weighted by atomic mass is 35.5. The number of hydrogen-bond donors (Lipinski definition) is 1. The van der Waals surface area contributed by atoms with Crippen molar-refractivity contribution in [1.29, 1.82) is 0 Å². The number of halogens is 1. The van der Waals surface area contributed by atoms with Gasteiger partial charge in [-0.25, -0.2) is 4.79 Å². The number of nitrogens with one attached hydrogen (secondary N) is 1. The van der Waals surface area contributed by atoms with Crippen LogP contribution in [0.25, 0.3) is 17.2 Å². The Morgan fingerprint density at radius 2 is 1.93 bits per heavy atom. The second kappa shape index (κ2) is 9.04. The summed E-state index contributed by atoms with van der Waals surface area (Å²) < 4.78 is 7.28. The maximum atomic E-state index is 12.7. The van der Waals surface area contributed by atoms with Crippen molar-refractivity contribution in [2.24, 2.45) is 0 Å². The molecule has 1 N–H and O–H groups in total. The fourth-order valence-electron chi connectivity index (χ4n) is 2.75. The first kappa shape index (κ1) is 21.4. The van der Waals surface area contributed by atoms with Crippen molar-refractivity contribution in [2.45, 2.75) is 46.2 Å². The zero-order valence-corrected chi connectivity index (χ0v) is 17.5. The first-order valence-corrected chi connectivity index (χ1v) is 9.80. The van der Waals surface area contributed by atoms with Crippen LogP contribution < -0.4 is 16.6 Å². The van der Waals surface area contributed by atoms with E-state index in [0.717, 1.165) is 9.25 Å². The second-order valence-electron chi connectivity index (χ2n) is 6.80. The van der Waals surface area contributed by atoms with Crippen LogP contribution in [0.3, 0.4) is 0 Å². The number of nitrogens with zero attached hydrogens (tertiary/aromatic N) is 5. The van der Waals surface area contributed by atoms with E-state index in [4.69, 9.17) is 16.1 Å². The van der Waals surface area contributed by atoms with Gasteiger partial charge < -0.3 is 9.84 Å². The highest BCUT2D eigenvalue weighted by molar-refractivity contribution is 6.30. The molecule has 0 aliphatic heterocycles. The lowest BCUT2D eigenvalue weighted by atomic mass is 10.2. The molecule has 0 aliphatic rings. The molecule has 2 heterocycles. The summed E-state index contributed by atoms with van der Waals surface area (Å²) in [6.45, 7) is 5.54. The van der Waals surface area contributed by atoms with Gasteiger partial charge >= 0.3 is 5.69 Å². The van der Waals surface area contributed by atoms with E-state index in [9.17, 15) is 14.4 Å². The Morgan fingerprint density at radius 3 is 2.57 bits per heavy atom. The predicted molar refractivity (Wildman–Crippen MR) is 110 cm³/mol. The summed E-state index contributed by atoms with van der Waals surface area (Å²) in [4.78, 5) is 41.4. The molecule has 3 aromatic rings. The zero-order valence-electron chi connectivity index (χ0n) is 16.8. The fourth-order valence-corrected chi connectivity index (χ4v) is 2.88. The van der Waals surface area contributed by atoms with E-state index < -0.39 is 11.2 Å². The van der Waals surface area contributed by atoms with Gasteiger partial charge in [0.2, 0.25) is 17.6 Å². The van der Waals surface area contributed by atoms with E-state index in [1.807, 2.05) is 13.8 Å². The fraction of sp³-hybridized carbons (Fsp3) is 0.368. The van der Waals surface area contributed by atoms with Gasteiger partial charge in [0.1, 0.15) is 0 Å². The van der Waals surface area contributed by atoms with Crippen molar-refractivity contribution in [3.05, 3.63) is 56.0 Å². The predicted octanol–water partition coefficient (Wildman–Crippen LogP) is 1.57. The average Bonchev–Trinajstić information content (AvgIpc) is 3.16. The largest absolute Gasteiger partial charge is 0.354 e. The summed E-state index contributed by atoms with van der Waals surface area (Å²) >= 11 is 5.91. The molecule has 30 heavy (non-hydrogen) atoms. The molecule has 10 nitrogen and oxygen atoms in total. The van der Waals surface area contributed by atoms with Crippen molar-refractivity contribution in [3.8, 4) is 17.2 Å². The molecular weight excluding hydrogens is 412 g/mol. The van der Waals surface area contributed by atoms with Crippen molar-refractivity contribution < 1.29 is 9.32 Å². The van der Waals surface area contributed by atoms with Crippen molar-refractivity contribution in [1.82, 2.24) is 29.8 Å². The standard InChI is InChI=1S/C19H21ClN6O4/c1-4-25-18(28)16(23-26(19(25)29)13-7-5-12(20)6-8-13)17-22-15(30-24-17)10-9-14(27)21-11(2)3/h5-8,11H,4,9-10H2,1-3H3,(H,21,27). The maximum Gasteiger partial charge on any atom is 0.352 e. The minimum Gasteiger partial charge on any atom is -0.354 e. The minimum atomic E-state index is -0.627. The Kier molecular flexibility index (Phi) is 6.46. The van der Waals surface area contributed by atoms with E-state index in [2.05, 4.69) is 20.6 Å². The Labute approximate surface area is 176 Å². The normalized spacial score (nSPS) is 11.1. The third-order valence-corrected chi connectivity index (χ3v) is 4.39. The van der Waals surface area contributed by atoms with Crippen LogP contribution in [0.1, 0.15) is 33.1 Å². The highest BCUT2D eigenvalue weighted by Gasteiger charge is 2.20. The van der Waals surface area contributed by atoms with Crippen LogP contribution in [-0.4, -0.2) is 36.4 Å². The van der Waals surface area contributed by atoms with Crippen LogP contribution in [-0.2, 0) is 17.8 Å². The van der Waals surface area contributed by atoms with E-state index in [-0.39, 0.29) is 48.7 Å². The Bertz CT molecular complexity index is 1160. The number of carbonyl (C=O) groups excluding carboxylic acids is 1. The topological polar surface area (TPSA) is 125 Å². The molecule has 0 bridgehead atoms. The Hall–Kier alpha value is -3.27. The molecule has 0 saturated heterocycles.